The molecular formula is C8H14F3NO. The van der Waals surface area contributed by atoms with E-state index in [4.69, 9.17) is 5.73 Å². The average molecular weight is 197 g/mol. The Hall–Kier alpha value is -0.290. The molecule has 0 unspecified atom stereocenters. The van der Waals surface area contributed by atoms with Crippen LogP contribution in [0.5, 0.6) is 0 Å². The van der Waals surface area contributed by atoms with Gasteiger partial charge in [0.05, 0.1) is 11.5 Å². The summed E-state index contributed by atoms with van der Waals surface area (Å²) in [6.07, 6.45) is -3.53. The highest BCUT2D eigenvalue weighted by Gasteiger charge is 2.46. The summed E-state index contributed by atoms with van der Waals surface area (Å²) >= 11 is 0. The van der Waals surface area contributed by atoms with Crippen molar-refractivity contribution >= 4 is 0 Å². The largest absolute Gasteiger partial charge is 0.391 e. The third-order valence-corrected chi connectivity index (χ3v) is 2.66. The number of rotatable bonds is 1. The minimum atomic E-state index is -4.19. The molecule has 0 radical (unpaired) electrons. The minimum Gasteiger partial charge on any atom is -0.389 e. The van der Waals surface area contributed by atoms with Crippen LogP contribution in [0.1, 0.15) is 25.7 Å². The molecule has 0 aromatic carbocycles. The minimum absolute atomic E-state index is 0.0837. The lowest BCUT2D eigenvalue weighted by molar-refractivity contribution is -0.199. The van der Waals surface area contributed by atoms with Gasteiger partial charge in [-0.25, -0.2) is 0 Å². The molecule has 0 aliphatic heterocycles. The first-order valence-corrected chi connectivity index (χ1v) is 4.36. The van der Waals surface area contributed by atoms with Gasteiger partial charge in [0, 0.05) is 6.54 Å². The fraction of sp³-hybridized carbons (Fsp3) is 1.00. The number of hydrogen-bond donors (Lipinski definition) is 2. The number of hydrogen-bond acceptors (Lipinski definition) is 2. The Kier molecular flexibility index (Phi) is 2.87. The molecule has 3 N–H and O–H groups in total. The van der Waals surface area contributed by atoms with Crippen LogP contribution < -0.4 is 5.73 Å². The summed E-state index contributed by atoms with van der Waals surface area (Å²) in [5, 5.41) is 9.59. The van der Waals surface area contributed by atoms with E-state index in [-0.39, 0.29) is 19.4 Å². The third-order valence-electron chi connectivity index (χ3n) is 2.66. The van der Waals surface area contributed by atoms with E-state index in [2.05, 4.69) is 0 Å². The Labute approximate surface area is 74.9 Å². The van der Waals surface area contributed by atoms with Crippen molar-refractivity contribution in [2.75, 3.05) is 6.54 Å². The first-order valence-electron chi connectivity index (χ1n) is 4.36. The lowest BCUT2D eigenvalue weighted by atomic mass is 9.78. The zero-order valence-electron chi connectivity index (χ0n) is 7.27. The zero-order valence-corrected chi connectivity index (χ0v) is 7.27. The van der Waals surface area contributed by atoms with Gasteiger partial charge in [0.2, 0.25) is 0 Å². The van der Waals surface area contributed by atoms with Crippen molar-refractivity contribution in [1.82, 2.24) is 0 Å². The van der Waals surface area contributed by atoms with Gasteiger partial charge in [-0.1, -0.05) is 0 Å². The topological polar surface area (TPSA) is 46.2 Å². The molecule has 2 nitrogen and oxygen atoms in total. The number of alkyl halides is 3. The molecule has 2 atom stereocenters. The summed E-state index contributed by atoms with van der Waals surface area (Å²) in [7, 11) is 0. The van der Waals surface area contributed by atoms with Gasteiger partial charge in [-0.15, -0.1) is 0 Å². The standard InChI is InChI=1S/C8H14F3NO/c9-8(10,11)6-2-1-3-7(13,4-6)5-12/h6,13H,1-5,12H2/t6-,7-/m0/s1. The van der Waals surface area contributed by atoms with Crippen LogP contribution in [0.25, 0.3) is 0 Å². The first kappa shape index (κ1) is 10.8. The van der Waals surface area contributed by atoms with Crippen molar-refractivity contribution in [2.45, 2.75) is 37.5 Å². The maximum absolute atomic E-state index is 12.3. The lowest BCUT2D eigenvalue weighted by Crippen LogP contribution is -2.45. The lowest BCUT2D eigenvalue weighted by Gasteiger charge is -2.36. The molecule has 78 valence electrons. The normalized spacial score (nSPS) is 36.2. The number of halogens is 3. The maximum atomic E-state index is 12.3. The molecule has 1 fully saturated rings. The molecule has 5 heteroatoms. The van der Waals surface area contributed by atoms with E-state index >= 15 is 0 Å². The Morgan fingerprint density at radius 2 is 2.08 bits per heavy atom. The molecular weight excluding hydrogens is 183 g/mol. The highest BCUT2D eigenvalue weighted by molar-refractivity contribution is 4.89. The van der Waals surface area contributed by atoms with Gasteiger partial charge < -0.3 is 10.8 Å². The molecule has 1 aliphatic carbocycles. The second kappa shape index (κ2) is 3.46. The highest BCUT2D eigenvalue weighted by atomic mass is 19.4. The third kappa shape index (κ3) is 2.57. The summed E-state index contributed by atoms with van der Waals surface area (Å²) < 4.78 is 36.8. The summed E-state index contributed by atoms with van der Waals surface area (Å²) in [5.74, 6) is -1.38. The van der Waals surface area contributed by atoms with Gasteiger partial charge in [-0.2, -0.15) is 13.2 Å². The summed E-state index contributed by atoms with van der Waals surface area (Å²) in [4.78, 5) is 0. The SMILES string of the molecule is NC[C@]1(O)CCC[C@H](C(F)(F)F)C1. The molecule has 1 rings (SSSR count). The predicted octanol–water partition coefficient (Wildman–Crippen LogP) is 1.43. The summed E-state index contributed by atoms with van der Waals surface area (Å²) in [5.41, 5.74) is 3.93. The van der Waals surface area contributed by atoms with E-state index < -0.39 is 17.7 Å². The number of nitrogens with two attached hydrogens (primary N) is 1. The van der Waals surface area contributed by atoms with Crippen molar-refractivity contribution in [3.8, 4) is 0 Å². The van der Waals surface area contributed by atoms with Crippen LogP contribution in [0, 0.1) is 5.92 Å². The van der Waals surface area contributed by atoms with Crippen LogP contribution in [0.4, 0.5) is 13.2 Å². The van der Waals surface area contributed by atoms with Gasteiger partial charge in [-0.05, 0) is 25.7 Å². The van der Waals surface area contributed by atoms with Gasteiger partial charge in [0.1, 0.15) is 0 Å². The van der Waals surface area contributed by atoms with Crippen LogP contribution in [-0.2, 0) is 0 Å². The van der Waals surface area contributed by atoms with E-state index in [0.717, 1.165) is 0 Å². The van der Waals surface area contributed by atoms with Crippen LogP contribution in [0.2, 0.25) is 0 Å². The van der Waals surface area contributed by atoms with Crippen molar-refractivity contribution in [2.24, 2.45) is 11.7 Å². The average Bonchev–Trinajstić information content (AvgIpc) is 2.03. The van der Waals surface area contributed by atoms with E-state index in [9.17, 15) is 18.3 Å². The fourth-order valence-electron chi connectivity index (χ4n) is 1.81. The second-order valence-electron chi connectivity index (χ2n) is 3.76. The highest BCUT2D eigenvalue weighted by Crippen LogP contribution is 2.41. The monoisotopic (exact) mass is 197 g/mol. The van der Waals surface area contributed by atoms with Gasteiger partial charge in [0.25, 0.3) is 0 Å². The van der Waals surface area contributed by atoms with Gasteiger partial charge in [0.15, 0.2) is 0 Å². The van der Waals surface area contributed by atoms with Gasteiger partial charge >= 0.3 is 6.18 Å². The Morgan fingerprint density at radius 3 is 2.54 bits per heavy atom. The van der Waals surface area contributed by atoms with Crippen LogP contribution in [0.3, 0.4) is 0 Å². The van der Waals surface area contributed by atoms with Crippen molar-refractivity contribution in [1.29, 1.82) is 0 Å². The van der Waals surface area contributed by atoms with E-state index in [1.54, 1.807) is 0 Å². The molecule has 0 saturated heterocycles. The zero-order chi connectivity index (χ0) is 10.1. The molecule has 1 saturated carbocycles. The summed E-state index contributed by atoms with van der Waals surface area (Å²) in [6.45, 7) is -0.0837. The van der Waals surface area contributed by atoms with Crippen molar-refractivity contribution in [3.05, 3.63) is 0 Å². The molecule has 0 amide bonds. The van der Waals surface area contributed by atoms with Crippen LogP contribution in [-0.4, -0.2) is 23.4 Å². The maximum Gasteiger partial charge on any atom is 0.391 e. The molecule has 0 bridgehead atoms. The Balaban J connectivity index is 2.62. The molecule has 0 aromatic heterocycles. The quantitative estimate of drug-likeness (QED) is 0.668. The molecule has 0 heterocycles. The van der Waals surface area contributed by atoms with Gasteiger partial charge in [-0.3, -0.25) is 0 Å². The molecule has 0 aromatic rings. The predicted molar refractivity (Wildman–Crippen MR) is 42.0 cm³/mol. The molecule has 0 spiro atoms. The second-order valence-corrected chi connectivity index (χ2v) is 3.76. The molecule has 1 aliphatic rings. The smallest absolute Gasteiger partial charge is 0.389 e. The number of aliphatic hydroxyl groups is 1. The van der Waals surface area contributed by atoms with Crippen molar-refractivity contribution < 1.29 is 18.3 Å². The fourth-order valence-corrected chi connectivity index (χ4v) is 1.81. The van der Waals surface area contributed by atoms with E-state index in [1.165, 1.54) is 0 Å². The Morgan fingerprint density at radius 1 is 1.46 bits per heavy atom. The van der Waals surface area contributed by atoms with E-state index in [0.29, 0.717) is 12.8 Å². The summed E-state index contributed by atoms with van der Waals surface area (Å²) in [6, 6.07) is 0. The van der Waals surface area contributed by atoms with Crippen molar-refractivity contribution in [3.63, 3.8) is 0 Å². The van der Waals surface area contributed by atoms with Crippen LogP contribution in [0.15, 0.2) is 0 Å². The van der Waals surface area contributed by atoms with Crippen LogP contribution >= 0.6 is 0 Å². The van der Waals surface area contributed by atoms with E-state index in [1.807, 2.05) is 0 Å². The molecule has 13 heavy (non-hydrogen) atoms. The Bertz CT molecular complexity index is 183. The first-order chi connectivity index (χ1) is 5.87.